The smallest absolute Gasteiger partial charge is 0.0990 e. The molecule has 0 aromatic heterocycles. The Morgan fingerprint density at radius 1 is 1.56 bits per heavy atom. The van der Waals surface area contributed by atoms with Crippen molar-refractivity contribution >= 4 is 18.2 Å². The first-order valence-corrected chi connectivity index (χ1v) is 3.09. The molecule has 0 aromatic carbocycles. The van der Waals surface area contributed by atoms with E-state index in [1.807, 2.05) is 0 Å². The number of nitrogens with zero attached hydrogens (tertiary/aromatic N) is 1. The second kappa shape index (κ2) is 3.72. The van der Waals surface area contributed by atoms with Crippen LogP contribution in [0.5, 0.6) is 0 Å². The molecule has 1 aliphatic rings. The van der Waals surface area contributed by atoms with Gasteiger partial charge in [-0.3, -0.25) is 4.99 Å². The van der Waals surface area contributed by atoms with Crippen molar-refractivity contribution in [2.75, 3.05) is 13.1 Å². The highest BCUT2D eigenvalue weighted by Gasteiger charge is 2.06. The van der Waals surface area contributed by atoms with Gasteiger partial charge < -0.3 is 5.32 Å². The summed E-state index contributed by atoms with van der Waals surface area (Å²) in [6.45, 7) is 6.30. The Morgan fingerprint density at radius 2 is 2.22 bits per heavy atom. The maximum atomic E-state index is 4.24. The first-order valence-electron chi connectivity index (χ1n) is 3.09. The summed E-state index contributed by atoms with van der Waals surface area (Å²) < 4.78 is 0. The third kappa shape index (κ3) is 2.22. The topological polar surface area (TPSA) is 24.4 Å². The standard InChI is InChI=1S/C6H12N2.ClH/c1-5(2)6-7-3-4-8-6;/h5H,3-4H2,1-2H3,(H,7,8);1H. The second-order valence-corrected chi connectivity index (χ2v) is 2.35. The van der Waals surface area contributed by atoms with Crippen molar-refractivity contribution in [2.24, 2.45) is 10.9 Å². The fourth-order valence-corrected chi connectivity index (χ4v) is 0.803. The molecule has 1 N–H and O–H groups in total. The van der Waals surface area contributed by atoms with E-state index in [2.05, 4.69) is 24.2 Å². The molecule has 0 aromatic rings. The minimum atomic E-state index is 0. The summed E-state index contributed by atoms with van der Waals surface area (Å²) in [5, 5.41) is 3.21. The number of hydrogen-bond acceptors (Lipinski definition) is 2. The lowest BCUT2D eigenvalue weighted by Crippen LogP contribution is -2.23. The van der Waals surface area contributed by atoms with Crippen molar-refractivity contribution in [1.82, 2.24) is 5.32 Å². The average molecular weight is 149 g/mol. The Morgan fingerprint density at radius 3 is 2.44 bits per heavy atom. The van der Waals surface area contributed by atoms with Gasteiger partial charge in [-0.2, -0.15) is 0 Å². The molecule has 54 valence electrons. The van der Waals surface area contributed by atoms with Gasteiger partial charge in [-0.1, -0.05) is 13.8 Å². The summed E-state index contributed by atoms with van der Waals surface area (Å²) in [6.07, 6.45) is 0. The number of rotatable bonds is 1. The Hall–Kier alpha value is -0.240. The van der Waals surface area contributed by atoms with E-state index in [4.69, 9.17) is 0 Å². The average Bonchev–Trinajstić information content (AvgIpc) is 2.12. The summed E-state index contributed by atoms with van der Waals surface area (Å²) in [4.78, 5) is 4.24. The zero-order valence-electron chi connectivity index (χ0n) is 5.85. The number of hydrogen-bond donors (Lipinski definition) is 1. The quantitative estimate of drug-likeness (QED) is 0.591. The summed E-state index contributed by atoms with van der Waals surface area (Å²) in [5.74, 6) is 1.75. The van der Waals surface area contributed by atoms with Gasteiger partial charge in [0.15, 0.2) is 0 Å². The van der Waals surface area contributed by atoms with Gasteiger partial charge >= 0.3 is 0 Å². The second-order valence-electron chi connectivity index (χ2n) is 2.35. The van der Waals surface area contributed by atoms with Gasteiger partial charge in [-0.25, -0.2) is 0 Å². The van der Waals surface area contributed by atoms with Crippen LogP contribution in [0.4, 0.5) is 0 Å². The van der Waals surface area contributed by atoms with Gasteiger partial charge in [0.25, 0.3) is 0 Å². The molecule has 0 bridgehead atoms. The molecule has 0 aliphatic carbocycles. The van der Waals surface area contributed by atoms with Crippen molar-refractivity contribution in [1.29, 1.82) is 0 Å². The van der Waals surface area contributed by atoms with E-state index in [1.54, 1.807) is 0 Å². The molecule has 0 atom stereocenters. The van der Waals surface area contributed by atoms with Crippen LogP contribution >= 0.6 is 12.4 Å². The Kier molecular flexibility index (Phi) is 3.62. The monoisotopic (exact) mass is 148 g/mol. The predicted octanol–water partition coefficient (Wildman–Crippen LogP) is 1.07. The van der Waals surface area contributed by atoms with Crippen LogP contribution in [0.25, 0.3) is 0 Å². The summed E-state index contributed by atoms with van der Waals surface area (Å²) in [7, 11) is 0. The van der Waals surface area contributed by atoms with Crippen molar-refractivity contribution in [3.05, 3.63) is 0 Å². The largest absolute Gasteiger partial charge is 0.372 e. The molecule has 0 saturated carbocycles. The third-order valence-corrected chi connectivity index (χ3v) is 1.25. The Labute approximate surface area is 62.2 Å². The van der Waals surface area contributed by atoms with Crippen LogP contribution in [0.2, 0.25) is 0 Å². The van der Waals surface area contributed by atoms with E-state index in [9.17, 15) is 0 Å². The Balaban J connectivity index is 0.000000640. The lowest BCUT2D eigenvalue weighted by Gasteiger charge is -2.02. The fraction of sp³-hybridized carbons (Fsp3) is 0.833. The van der Waals surface area contributed by atoms with Crippen LogP contribution in [0.3, 0.4) is 0 Å². The summed E-state index contributed by atoms with van der Waals surface area (Å²) in [6, 6.07) is 0. The molecule has 0 radical (unpaired) electrons. The van der Waals surface area contributed by atoms with E-state index in [0.29, 0.717) is 5.92 Å². The molecule has 2 nitrogen and oxygen atoms in total. The molecule has 0 fully saturated rings. The molecular weight excluding hydrogens is 136 g/mol. The summed E-state index contributed by atoms with van der Waals surface area (Å²) >= 11 is 0. The highest BCUT2D eigenvalue weighted by Crippen LogP contribution is 1.97. The van der Waals surface area contributed by atoms with Crippen LogP contribution in [-0.2, 0) is 0 Å². The minimum Gasteiger partial charge on any atom is -0.372 e. The molecule has 0 saturated heterocycles. The van der Waals surface area contributed by atoms with Crippen molar-refractivity contribution in [3.63, 3.8) is 0 Å². The molecule has 0 unspecified atom stereocenters. The normalized spacial score (nSPS) is 16.6. The lowest BCUT2D eigenvalue weighted by atomic mass is 10.2. The molecule has 1 rings (SSSR count). The highest BCUT2D eigenvalue weighted by atomic mass is 35.5. The van der Waals surface area contributed by atoms with Gasteiger partial charge in [0.05, 0.1) is 12.4 Å². The molecule has 1 aliphatic heterocycles. The van der Waals surface area contributed by atoms with Crippen LogP contribution in [-0.4, -0.2) is 18.9 Å². The minimum absolute atomic E-state index is 0. The van der Waals surface area contributed by atoms with Gasteiger partial charge in [0, 0.05) is 12.5 Å². The van der Waals surface area contributed by atoms with Crippen molar-refractivity contribution < 1.29 is 0 Å². The van der Waals surface area contributed by atoms with E-state index < -0.39 is 0 Å². The van der Waals surface area contributed by atoms with Gasteiger partial charge in [0.1, 0.15) is 0 Å². The first-order chi connectivity index (χ1) is 3.80. The molecule has 0 spiro atoms. The van der Waals surface area contributed by atoms with E-state index >= 15 is 0 Å². The van der Waals surface area contributed by atoms with E-state index in [1.165, 1.54) is 5.84 Å². The van der Waals surface area contributed by atoms with Gasteiger partial charge in [-0.05, 0) is 0 Å². The number of halogens is 1. The number of aliphatic imine (C=N–C) groups is 1. The lowest BCUT2D eigenvalue weighted by molar-refractivity contribution is 0.838. The fourth-order valence-electron chi connectivity index (χ4n) is 0.803. The van der Waals surface area contributed by atoms with Crippen LogP contribution in [0, 0.1) is 5.92 Å². The van der Waals surface area contributed by atoms with Gasteiger partial charge in [-0.15, -0.1) is 12.4 Å². The molecule has 9 heavy (non-hydrogen) atoms. The highest BCUT2D eigenvalue weighted by molar-refractivity contribution is 5.85. The zero-order chi connectivity index (χ0) is 5.98. The van der Waals surface area contributed by atoms with Crippen LogP contribution in [0.1, 0.15) is 13.8 Å². The number of amidine groups is 1. The molecule has 0 amide bonds. The molecular formula is C6H13ClN2. The first kappa shape index (κ1) is 8.76. The van der Waals surface area contributed by atoms with E-state index in [-0.39, 0.29) is 12.4 Å². The maximum Gasteiger partial charge on any atom is 0.0990 e. The SMILES string of the molecule is CC(C)C1=NCCN1.Cl. The molecule has 3 heteroatoms. The van der Waals surface area contributed by atoms with Crippen LogP contribution in [0.15, 0.2) is 4.99 Å². The van der Waals surface area contributed by atoms with Crippen molar-refractivity contribution in [2.45, 2.75) is 13.8 Å². The molecule has 1 heterocycles. The maximum absolute atomic E-state index is 4.24. The Bertz CT molecular complexity index is 110. The van der Waals surface area contributed by atoms with E-state index in [0.717, 1.165) is 13.1 Å². The van der Waals surface area contributed by atoms with Gasteiger partial charge in [0.2, 0.25) is 0 Å². The summed E-state index contributed by atoms with van der Waals surface area (Å²) in [5.41, 5.74) is 0. The predicted molar refractivity (Wildman–Crippen MR) is 42.4 cm³/mol. The zero-order valence-corrected chi connectivity index (χ0v) is 6.66. The third-order valence-electron chi connectivity index (χ3n) is 1.25. The number of nitrogens with one attached hydrogen (secondary N) is 1. The van der Waals surface area contributed by atoms with Crippen molar-refractivity contribution in [3.8, 4) is 0 Å². The van der Waals surface area contributed by atoms with Crippen LogP contribution < -0.4 is 5.32 Å².